The molecule has 0 amide bonds. The maximum absolute atomic E-state index is 2.51. The first kappa shape index (κ1) is 25.5. The van der Waals surface area contributed by atoms with E-state index >= 15 is 0 Å². The molecule has 0 unspecified atom stereocenters. The van der Waals surface area contributed by atoms with Gasteiger partial charge >= 0.3 is 26.2 Å². The molecule has 3 aliphatic rings. The maximum atomic E-state index is 2.51. The summed E-state index contributed by atoms with van der Waals surface area (Å²) in [6, 6.07) is 9.95. The third-order valence-electron chi connectivity index (χ3n) is 7.10. The average molecular weight is 516 g/mol. The van der Waals surface area contributed by atoms with Crippen LogP contribution >= 0.6 is 0 Å². The molecule has 0 aromatic heterocycles. The van der Waals surface area contributed by atoms with E-state index in [1.54, 1.807) is 0 Å². The minimum Gasteiger partial charge on any atom is -1.00 e. The molecule has 0 nitrogen and oxygen atoms in total. The van der Waals surface area contributed by atoms with E-state index < -0.39 is 0 Å². The van der Waals surface area contributed by atoms with Crippen LogP contribution in [0, 0.1) is 6.42 Å². The van der Waals surface area contributed by atoms with E-state index in [0.29, 0.717) is 0 Å². The molecule has 0 N–H and O–H groups in total. The molecule has 155 valence electrons. The van der Waals surface area contributed by atoms with Gasteiger partial charge in [0.15, 0.2) is 0 Å². The van der Waals surface area contributed by atoms with Gasteiger partial charge in [0.25, 0.3) is 0 Å². The second kappa shape index (κ2) is 8.31. The predicted molar refractivity (Wildman–Crippen MR) is 117 cm³/mol. The van der Waals surface area contributed by atoms with Gasteiger partial charge in [-0.05, 0) is 70.2 Å². The van der Waals surface area contributed by atoms with Crippen molar-refractivity contribution in [2.75, 3.05) is 0 Å². The summed E-state index contributed by atoms with van der Waals surface area (Å²) in [6.45, 7) is 13.9. The smallest absolute Gasteiger partial charge is 1.00 e. The van der Waals surface area contributed by atoms with Gasteiger partial charge in [0.1, 0.15) is 0 Å². The van der Waals surface area contributed by atoms with Crippen molar-refractivity contribution in [3.8, 4) is 11.1 Å². The molecule has 30 heavy (non-hydrogen) atoms. The molecule has 0 heterocycles. The molecule has 1 radical (unpaired) electrons. The fraction of sp³-hybridized carbons (Fsp3) is 0.370. The van der Waals surface area contributed by atoms with Gasteiger partial charge in [-0.2, -0.15) is 5.57 Å². The summed E-state index contributed by atoms with van der Waals surface area (Å²) in [5.41, 5.74) is 15.0. The van der Waals surface area contributed by atoms with Crippen molar-refractivity contribution in [3.05, 3.63) is 76.2 Å². The average Bonchev–Trinajstić information content (AvgIpc) is 2.97. The monoisotopic (exact) mass is 513 g/mol. The van der Waals surface area contributed by atoms with Gasteiger partial charge in [-0.1, -0.05) is 62.9 Å². The van der Waals surface area contributed by atoms with Gasteiger partial charge < -0.3 is 24.8 Å². The predicted octanol–water partition coefficient (Wildman–Crippen LogP) is 1.25. The SMILES string of the molecule is CC1=C[CH-]C(C)(C)c2cc3c(cc21)-c1cc2c(cc1C3)C(C)(C)CC=C2C.[Cl-].[Cl-].[Zr+3]. The fourth-order valence-corrected chi connectivity index (χ4v) is 5.17. The molecule has 0 atom stereocenters. The Morgan fingerprint density at radius 2 is 1.27 bits per heavy atom. The second-order valence-electron chi connectivity index (χ2n) is 10.00. The van der Waals surface area contributed by atoms with Crippen molar-refractivity contribution in [2.24, 2.45) is 0 Å². The Hall–Kier alpha value is -0.747. The molecule has 3 heteroatoms. The van der Waals surface area contributed by atoms with Crippen LogP contribution in [0.25, 0.3) is 22.3 Å². The van der Waals surface area contributed by atoms with Crippen molar-refractivity contribution in [2.45, 2.75) is 65.2 Å². The molecule has 0 spiro atoms. The summed E-state index contributed by atoms with van der Waals surface area (Å²) in [7, 11) is 0. The number of rotatable bonds is 0. The molecule has 5 rings (SSSR count). The van der Waals surface area contributed by atoms with Crippen molar-refractivity contribution < 1.29 is 51.0 Å². The first-order valence-electron chi connectivity index (χ1n) is 10.2. The Kier molecular flexibility index (Phi) is 7.07. The Morgan fingerprint density at radius 1 is 0.733 bits per heavy atom. The van der Waals surface area contributed by atoms with E-state index in [-0.39, 0.29) is 61.8 Å². The van der Waals surface area contributed by atoms with Gasteiger partial charge in [-0.25, -0.2) is 12.5 Å². The minimum atomic E-state index is 0. The van der Waals surface area contributed by atoms with Crippen LogP contribution in [0.2, 0.25) is 0 Å². The number of hydrogen-bond donors (Lipinski definition) is 0. The summed E-state index contributed by atoms with van der Waals surface area (Å²) in [5, 5.41) is 0. The van der Waals surface area contributed by atoms with E-state index in [1.165, 1.54) is 55.7 Å². The molecular formula is C27H29Cl2Zr. The molecular weight excluding hydrogens is 486 g/mol. The quantitative estimate of drug-likeness (QED) is 0.396. The van der Waals surface area contributed by atoms with Crippen molar-refractivity contribution >= 4 is 11.1 Å². The molecule has 0 saturated carbocycles. The van der Waals surface area contributed by atoms with Gasteiger partial charge in [0, 0.05) is 0 Å². The molecule has 0 saturated heterocycles. The van der Waals surface area contributed by atoms with Gasteiger partial charge in [0.2, 0.25) is 0 Å². The molecule has 0 aliphatic heterocycles. The van der Waals surface area contributed by atoms with Crippen LogP contribution in [0.3, 0.4) is 0 Å². The van der Waals surface area contributed by atoms with Gasteiger partial charge in [-0.3, -0.25) is 0 Å². The largest absolute Gasteiger partial charge is 3.00 e. The van der Waals surface area contributed by atoms with E-state index in [0.717, 1.165) is 12.8 Å². The van der Waals surface area contributed by atoms with Crippen molar-refractivity contribution in [1.29, 1.82) is 0 Å². The summed E-state index contributed by atoms with van der Waals surface area (Å²) < 4.78 is 0. The fourth-order valence-electron chi connectivity index (χ4n) is 5.17. The van der Waals surface area contributed by atoms with E-state index in [9.17, 15) is 0 Å². The van der Waals surface area contributed by atoms with Gasteiger partial charge in [-0.15, -0.1) is 12.5 Å². The van der Waals surface area contributed by atoms with E-state index in [4.69, 9.17) is 0 Å². The molecule has 0 fully saturated rings. The third kappa shape index (κ3) is 3.70. The zero-order valence-electron chi connectivity index (χ0n) is 18.7. The molecule has 3 aliphatic carbocycles. The first-order chi connectivity index (χ1) is 12.7. The van der Waals surface area contributed by atoms with Crippen LogP contribution in [0.4, 0.5) is 0 Å². The number of hydrogen-bond acceptors (Lipinski definition) is 0. The molecule has 2 aromatic carbocycles. The minimum absolute atomic E-state index is 0. The Morgan fingerprint density at radius 3 is 1.87 bits per heavy atom. The Bertz CT molecular complexity index is 985. The van der Waals surface area contributed by atoms with Crippen LogP contribution in [-0.4, -0.2) is 0 Å². The summed E-state index contributed by atoms with van der Waals surface area (Å²) >= 11 is 0. The summed E-state index contributed by atoms with van der Waals surface area (Å²) in [4.78, 5) is 0. The number of halogens is 2. The second-order valence-corrected chi connectivity index (χ2v) is 10.00. The van der Waals surface area contributed by atoms with Crippen molar-refractivity contribution in [3.63, 3.8) is 0 Å². The van der Waals surface area contributed by atoms with E-state index in [1.807, 2.05) is 0 Å². The number of allylic oxidation sites excluding steroid dienone is 4. The number of benzene rings is 2. The summed E-state index contributed by atoms with van der Waals surface area (Å²) in [5.74, 6) is 0. The number of fused-ring (bicyclic) bond motifs is 5. The van der Waals surface area contributed by atoms with Crippen LogP contribution in [0.5, 0.6) is 0 Å². The zero-order valence-corrected chi connectivity index (χ0v) is 22.7. The topological polar surface area (TPSA) is 0 Å². The molecule has 0 bridgehead atoms. The van der Waals surface area contributed by atoms with E-state index in [2.05, 4.69) is 84.4 Å². The zero-order chi connectivity index (χ0) is 19.1. The Labute approximate surface area is 213 Å². The van der Waals surface area contributed by atoms with Crippen LogP contribution in [-0.2, 0) is 43.5 Å². The standard InChI is InChI=1S/C27H29.2ClH.Zr/c1-16-7-9-26(3,4)24-12-18-11-19-13-25-21(17(2)8-10-27(25,5)6)15-23(19)22(18)14-20(16)24;;;/h7-9,12-15H,10-11H2,1-6H3;2*1H;/q-1;;;+3/p-2. The summed E-state index contributed by atoms with van der Waals surface area (Å²) in [6.07, 6.45) is 9.28. The van der Waals surface area contributed by atoms with Gasteiger partial charge in [0.05, 0.1) is 0 Å². The normalized spacial score (nSPS) is 18.5. The Balaban J connectivity index is 0.00000107. The van der Waals surface area contributed by atoms with Crippen molar-refractivity contribution in [1.82, 2.24) is 0 Å². The van der Waals surface area contributed by atoms with Crippen LogP contribution in [0.1, 0.15) is 81.3 Å². The van der Waals surface area contributed by atoms with Crippen LogP contribution in [0.15, 0.2) is 36.4 Å². The maximum Gasteiger partial charge on any atom is 3.00 e. The molecule has 2 aromatic rings. The third-order valence-corrected chi connectivity index (χ3v) is 7.10. The van der Waals surface area contributed by atoms with Crippen LogP contribution < -0.4 is 24.8 Å². The first-order valence-corrected chi connectivity index (χ1v) is 10.2.